The third-order valence-corrected chi connectivity index (χ3v) is 8.02. The summed E-state index contributed by atoms with van der Waals surface area (Å²) in [7, 11) is 1.71. The van der Waals surface area contributed by atoms with Crippen LogP contribution in [0.4, 0.5) is 5.69 Å². The number of methoxy groups -OCH3 is 1. The summed E-state index contributed by atoms with van der Waals surface area (Å²) in [6.07, 6.45) is 10.8. The third kappa shape index (κ3) is 5.25. The second-order valence-electron chi connectivity index (χ2n) is 11.4. The fraction of sp³-hybridized carbons (Fsp3) is 0.394. The van der Waals surface area contributed by atoms with Gasteiger partial charge in [-0.1, -0.05) is 44.5 Å². The molecule has 0 bridgehead atoms. The van der Waals surface area contributed by atoms with Crippen LogP contribution in [0, 0.1) is 19.3 Å². The Hall–Kier alpha value is -3.80. The number of piperidine rings is 1. The average Bonchev–Trinajstić information content (AvgIpc) is 3.36. The number of rotatable bonds is 5. The minimum absolute atomic E-state index is 0.155. The van der Waals surface area contributed by atoms with Crippen molar-refractivity contribution < 1.29 is 9.53 Å². The normalized spacial score (nSPS) is 18.7. The first-order valence-corrected chi connectivity index (χ1v) is 14.0. The standard InChI is InChI=1S/C33H40N4O2/c1-7-26-16-17-33(4,5)32(38)37(28-13-10-23(2)11-14-28)36-18-8-9-27(31(26)36)19-25-12-15-29(30(20-25)39-6)35-21-24(3)34-22-35/h10-15,19-22H,7-9,16-18H2,1-6H3. The number of carbonyl (C=O) groups is 1. The Balaban J connectivity index is 1.61. The number of carbonyl (C=O) groups excluding carboxylic acids is 1. The Morgan fingerprint density at radius 2 is 1.85 bits per heavy atom. The zero-order chi connectivity index (χ0) is 27.7. The number of amides is 1. The molecule has 1 saturated heterocycles. The van der Waals surface area contributed by atoms with E-state index >= 15 is 0 Å². The molecule has 0 N–H and O–H groups in total. The number of benzene rings is 2. The first-order chi connectivity index (χ1) is 18.7. The van der Waals surface area contributed by atoms with E-state index in [1.54, 1.807) is 7.11 Å². The highest BCUT2D eigenvalue weighted by atomic mass is 16.5. The van der Waals surface area contributed by atoms with E-state index in [2.05, 4.69) is 86.2 Å². The van der Waals surface area contributed by atoms with Gasteiger partial charge in [0.1, 0.15) is 5.75 Å². The summed E-state index contributed by atoms with van der Waals surface area (Å²) in [5.41, 5.74) is 8.57. The summed E-state index contributed by atoms with van der Waals surface area (Å²) in [4.78, 5) is 18.5. The summed E-state index contributed by atoms with van der Waals surface area (Å²) < 4.78 is 7.79. The quantitative estimate of drug-likeness (QED) is 0.349. The van der Waals surface area contributed by atoms with Gasteiger partial charge in [-0.2, -0.15) is 0 Å². The summed E-state index contributed by atoms with van der Waals surface area (Å²) in [6.45, 7) is 11.3. The van der Waals surface area contributed by atoms with Crippen molar-refractivity contribution in [2.75, 3.05) is 18.7 Å². The molecule has 2 aliphatic heterocycles. The number of hydrogen-bond acceptors (Lipinski definition) is 4. The maximum atomic E-state index is 14.1. The number of anilines is 1. The average molecular weight is 525 g/mol. The number of hydrogen-bond donors (Lipinski definition) is 0. The number of allylic oxidation sites excluding steroid dienone is 2. The fourth-order valence-corrected chi connectivity index (χ4v) is 5.69. The topological polar surface area (TPSA) is 50.6 Å². The molecule has 5 rings (SSSR count). The van der Waals surface area contributed by atoms with E-state index in [4.69, 9.17) is 4.74 Å². The van der Waals surface area contributed by atoms with Crippen LogP contribution in [0.15, 0.2) is 71.8 Å². The number of imidazole rings is 1. The predicted octanol–water partition coefficient (Wildman–Crippen LogP) is 7.41. The SMILES string of the molecule is CCC1=C2C(=Cc3ccc(-n4cnc(C)c4)c(OC)c3)CCCN2N(c2ccc(C)cc2)C(=O)C(C)(C)CC1. The van der Waals surface area contributed by atoms with Gasteiger partial charge in [0.15, 0.2) is 0 Å². The summed E-state index contributed by atoms with van der Waals surface area (Å²) >= 11 is 0. The lowest BCUT2D eigenvalue weighted by Gasteiger charge is -2.47. The van der Waals surface area contributed by atoms with Crippen LogP contribution in [0.1, 0.15) is 69.7 Å². The molecule has 2 aliphatic rings. The zero-order valence-electron chi connectivity index (χ0n) is 24.1. The Kier molecular flexibility index (Phi) is 7.39. The second kappa shape index (κ2) is 10.8. The van der Waals surface area contributed by atoms with Crippen LogP contribution in [-0.4, -0.2) is 34.1 Å². The van der Waals surface area contributed by atoms with E-state index in [0.29, 0.717) is 0 Å². The number of fused-ring (bicyclic) bond motifs is 1. The van der Waals surface area contributed by atoms with Crippen LogP contribution in [0.2, 0.25) is 0 Å². The van der Waals surface area contributed by atoms with Gasteiger partial charge in [-0.25, -0.2) is 9.99 Å². The van der Waals surface area contributed by atoms with Crippen molar-refractivity contribution in [3.8, 4) is 11.4 Å². The molecule has 6 heteroatoms. The summed E-state index contributed by atoms with van der Waals surface area (Å²) in [6, 6.07) is 14.7. The minimum atomic E-state index is -0.451. The molecule has 6 nitrogen and oxygen atoms in total. The molecule has 0 atom stereocenters. The van der Waals surface area contributed by atoms with Crippen molar-refractivity contribution in [2.45, 2.75) is 66.7 Å². The molecule has 1 fully saturated rings. The van der Waals surface area contributed by atoms with Gasteiger partial charge < -0.3 is 9.30 Å². The Labute approximate surface area is 232 Å². The van der Waals surface area contributed by atoms with Crippen molar-refractivity contribution in [1.29, 1.82) is 0 Å². The molecular formula is C33H40N4O2. The maximum absolute atomic E-state index is 14.1. The molecule has 3 aromatic rings. The third-order valence-electron chi connectivity index (χ3n) is 8.02. The highest BCUT2D eigenvalue weighted by Gasteiger charge is 2.40. The van der Waals surface area contributed by atoms with Gasteiger partial charge in [-0.15, -0.1) is 0 Å². The minimum Gasteiger partial charge on any atom is -0.495 e. The lowest BCUT2D eigenvalue weighted by atomic mass is 9.81. The van der Waals surface area contributed by atoms with E-state index in [9.17, 15) is 4.79 Å². The lowest BCUT2D eigenvalue weighted by molar-refractivity contribution is -0.130. The van der Waals surface area contributed by atoms with Gasteiger partial charge in [0, 0.05) is 18.2 Å². The van der Waals surface area contributed by atoms with Gasteiger partial charge in [-0.05, 0) is 93.0 Å². The van der Waals surface area contributed by atoms with Crippen LogP contribution in [0.25, 0.3) is 11.8 Å². The second-order valence-corrected chi connectivity index (χ2v) is 11.4. The molecule has 1 aromatic heterocycles. The molecule has 0 spiro atoms. The monoisotopic (exact) mass is 524 g/mol. The van der Waals surface area contributed by atoms with Crippen LogP contribution < -0.4 is 9.75 Å². The smallest absolute Gasteiger partial charge is 0.251 e. The molecule has 0 aliphatic carbocycles. The van der Waals surface area contributed by atoms with Gasteiger partial charge in [0.05, 0.1) is 36.2 Å². The van der Waals surface area contributed by atoms with E-state index in [-0.39, 0.29) is 5.91 Å². The first kappa shape index (κ1) is 26.8. The van der Waals surface area contributed by atoms with Crippen LogP contribution in [-0.2, 0) is 4.79 Å². The number of nitrogens with zero attached hydrogens (tertiary/aromatic N) is 4. The van der Waals surface area contributed by atoms with Crippen LogP contribution in [0.5, 0.6) is 5.75 Å². The summed E-state index contributed by atoms with van der Waals surface area (Å²) in [5, 5.41) is 4.23. The Bertz CT molecular complexity index is 1430. The Morgan fingerprint density at radius 3 is 2.51 bits per heavy atom. The van der Waals surface area contributed by atoms with Crippen LogP contribution >= 0.6 is 0 Å². The van der Waals surface area contributed by atoms with Crippen molar-refractivity contribution in [2.24, 2.45) is 5.41 Å². The summed E-state index contributed by atoms with van der Waals surface area (Å²) in [5.74, 6) is 0.955. The van der Waals surface area contributed by atoms with E-state index in [1.807, 2.05) is 29.0 Å². The molecule has 39 heavy (non-hydrogen) atoms. The molecule has 0 saturated carbocycles. The fourth-order valence-electron chi connectivity index (χ4n) is 5.69. The van der Waals surface area contributed by atoms with Gasteiger partial charge in [0.2, 0.25) is 0 Å². The highest BCUT2D eigenvalue weighted by Crippen LogP contribution is 2.42. The van der Waals surface area contributed by atoms with Crippen LogP contribution in [0.3, 0.4) is 0 Å². The number of hydrazine groups is 1. The lowest BCUT2D eigenvalue weighted by Crippen LogP contribution is -2.54. The molecule has 1 amide bonds. The van der Waals surface area contributed by atoms with Crippen molar-refractivity contribution in [3.05, 3.63) is 88.7 Å². The van der Waals surface area contributed by atoms with Gasteiger partial charge >= 0.3 is 0 Å². The largest absolute Gasteiger partial charge is 0.495 e. The zero-order valence-corrected chi connectivity index (χ0v) is 24.1. The molecule has 2 aromatic carbocycles. The predicted molar refractivity (Wildman–Crippen MR) is 158 cm³/mol. The molecule has 3 heterocycles. The van der Waals surface area contributed by atoms with Gasteiger partial charge in [-0.3, -0.25) is 9.80 Å². The maximum Gasteiger partial charge on any atom is 0.251 e. The van der Waals surface area contributed by atoms with E-state index in [0.717, 1.165) is 67.0 Å². The van der Waals surface area contributed by atoms with Crippen molar-refractivity contribution in [3.63, 3.8) is 0 Å². The van der Waals surface area contributed by atoms with Crippen molar-refractivity contribution >= 4 is 17.7 Å². The number of aromatic nitrogens is 2. The van der Waals surface area contributed by atoms with Crippen molar-refractivity contribution in [1.82, 2.24) is 14.6 Å². The molecule has 204 valence electrons. The highest BCUT2D eigenvalue weighted by molar-refractivity contribution is 5.97. The van der Waals surface area contributed by atoms with E-state index < -0.39 is 5.41 Å². The number of aryl methyl sites for hydroxylation is 2. The molecule has 0 unspecified atom stereocenters. The number of ether oxygens (including phenoxy) is 1. The first-order valence-electron chi connectivity index (χ1n) is 14.0. The van der Waals surface area contributed by atoms with Gasteiger partial charge in [0.25, 0.3) is 5.91 Å². The molecular weight excluding hydrogens is 484 g/mol. The van der Waals surface area contributed by atoms with E-state index in [1.165, 1.54) is 22.4 Å². The molecule has 0 radical (unpaired) electrons. The Morgan fingerprint density at radius 1 is 1.08 bits per heavy atom.